The molecule has 5 rings (SSSR count). The van der Waals surface area contributed by atoms with Gasteiger partial charge in [0, 0.05) is 41.2 Å². The molecule has 4 aromatic heterocycles. The van der Waals surface area contributed by atoms with E-state index in [9.17, 15) is 4.39 Å². The Bertz CT molecular complexity index is 1560. The molecule has 7 heteroatoms. The Morgan fingerprint density at radius 2 is 1.95 bits per heavy atom. The van der Waals surface area contributed by atoms with E-state index < -0.39 is 5.82 Å². The first kappa shape index (κ1) is 25.7. The summed E-state index contributed by atoms with van der Waals surface area (Å²) >= 11 is 1.66. The molecule has 0 aliphatic rings. The van der Waals surface area contributed by atoms with Crippen LogP contribution < -0.4 is 11.1 Å². The van der Waals surface area contributed by atoms with Crippen LogP contribution >= 0.6 is 11.3 Å². The number of hydrogen-bond donors (Lipinski definition) is 3. The highest BCUT2D eigenvalue weighted by Gasteiger charge is 2.14. The highest BCUT2D eigenvalue weighted by molar-refractivity contribution is 7.08. The number of allylic oxidation sites excluding steroid dienone is 1. The number of fused-ring (bicyclic) bond motifs is 1. The van der Waals surface area contributed by atoms with Crippen LogP contribution in [-0.2, 0) is 6.42 Å². The molecule has 4 N–H and O–H groups in total. The minimum atomic E-state index is -0.448. The number of anilines is 2. The van der Waals surface area contributed by atoms with Crippen molar-refractivity contribution in [3.8, 4) is 35.1 Å². The number of benzene rings is 1. The number of nitrogen functional groups attached to an aromatic ring is 1. The summed E-state index contributed by atoms with van der Waals surface area (Å²) in [7, 11) is 0. The minimum Gasteiger partial charge on any atom is -0.396 e. The van der Waals surface area contributed by atoms with E-state index in [1.807, 2.05) is 18.2 Å². The molecule has 0 bridgehead atoms. The summed E-state index contributed by atoms with van der Waals surface area (Å²) in [6.07, 6.45) is 13.7. The van der Waals surface area contributed by atoms with Crippen molar-refractivity contribution >= 4 is 33.7 Å². The van der Waals surface area contributed by atoms with Gasteiger partial charge in [-0.2, -0.15) is 11.3 Å². The van der Waals surface area contributed by atoms with Crippen molar-refractivity contribution in [2.45, 2.75) is 20.3 Å². The third-order valence-corrected chi connectivity index (χ3v) is 6.77. The molecule has 0 amide bonds. The van der Waals surface area contributed by atoms with Crippen molar-refractivity contribution < 1.29 is 4.39 Å². The lowest BCUT2D eigenvalue weighted by Gasteiger charge is -2.14. The van der Waals surface area contributed by atoms with Crippen LogP contribution in [0, 0.1) is 24.6 Å². The zero-order chi connectivity index (χ0) is 26.5. The Balaban J connectivity index is 0.00000156. The first-order valence-corrected chi connectivity index (χ1v) is 12.6. The van der Waals surface area contributed by atoms with Crippen molar-refractivity contribution in [1.29, 1.82) is 0 Å². The quantitative estimate of drug-likeness (QED) is 0.157. The molecule has 0 saturated heterocycles. The molecule has 0 fully saturated rings. The van der Waals surface area contributed by atoms with Gasteiger partial charge in [-0.05, 0) is 75.3 Å². The van der Waals surface area contributed by atoms with E-state index in [-0.39, 0.29) is 11.6 Å². The molecule has 0 aliphatic carbocycles. The van der Waals surface area contributed by atoms with Crippen LogP contribution in [0.3, 0.4) is 0 Å². The number of nitrogens with two attached hydrogens (primary N) is 1. The molecule has 37 heavy (non-hydrogen) atoms. The molecule has 0 radical (unpaired) electrons. The molecular formula is C30H28FN5S. The van der Waals surface area contributed by atoms with Gasteiger partial charge in [0.05, 0.1) is 17.6 Å². The summed E-state index contributed by atoms with van der Waals surface area (Å²) in [5.74, 6) is -0.166. The predicted molar refractivity (Wildman–Crippen MR) is 154 cm³/mol. The molecule has 4 heterocycles. The van der Waals surface area contributed by atoms with Gasteiger partial charge in [-0.25, -0.2) is 9.37 Å². The van der Waals surface area contributed by atoms with Gasteiger partial charge < -0.3 is 16.0 Å². The number of terminal acetylenes is 1. The summed E-state index contributed by atoms with van der Waals surface area (Å²) in [6, 6.07) is 11.5. The molecule has 5 aromatic rings. The number of thiophene rings is 1. The topological polar surface area (TPSA) is 79.6 Å². The maximum atomic E-state index is 14.9. The maximum Gasteiger partial charge on any atom is 0.146 e. The summed E-state index contributed by atoms with van der Waals surface area (Å²) < 4.78 is 14.9. The van der Waals surface area contributed by atoms with Crippen molar-refractivity contribution in [1.82, 2.24) is 15.0 Å². The highest BCUT2D eigenvalue weighted by atomic mass is 32.1. The van der Waals surface area contributed by atoms with Crippen molar-refractivity contribution in [2.24, 2.45) is 5.92 Å². The molecule has 0 atom stereocenters. The van der Waals surface area contributed by atoms with Crippen molar-refractivity contribution in [2.75, 3.05) is 11.1 Å². The van der Waals surface area contributed by atoms with Gasteiger partial charge in [-0.1, -0.05) is 20.4 Å². The van der Waals surface area contributed by atoms with Crippen molar-refractivity contribution in [3.05, 3.63) is 95.1 Å². The van der Waals surface area contributed by atoms with E-state index in [1.54, 1.807) is 29.9 Å². The molecule has 0 spiro atoms. The van der Waals surface area contributed by atoms with Crippen LogP contribution in [0.25, 0.3) is 33.3 Å². The zero-order valence-electron chi connectivity index (χ0n) is 20.8. The second-order valence-corrected chi connectivity index (χ2v) is 9.68. The first-order valence-electron chi connectivity index (χ1n) is 11.7. The molecular weight excluding hydrogens is 481 g/mol. The summed E-state index contributed by atoms with van der Waals surface area (Å²) in [5, 5.41) is 8.48. The number of aromatic amines is 1. The van der Waals surface area contributed by atoms with E-state index in [1.165, 1.54) is 6.07 Å². The van der Waals surface area contributed by atoms with Gasteiger partial charge in [0.15, 0.2) is 0 Å². The van der Waals surface area contributed by atoms with Gasteiger partial charge in [0.25, 0.3) is 0 Å². The van der Waals surface area contributed by atoms with Gasteiger partial charge in [0.2, 0.25) is 0 Å². The average molecular weight is 510 g/mol. The largest absolute Gasteiger partial charge is 0.396 e. The fourth-order valence-corrected chi connectivity index (χ4v) is 4.69. The number of nitrogens with one attached hydrogen (secondary N) is 2. The van der Waals surface area contributed by atoms with Crippen LogP contribution in [0.15, 0.2) is 78.0 Å². The lowest BCUT2D eigenvalue weighted by atomic mass is 9.99. The second-order valence-electron chi connectivity index (χ2n) is 8.90. The maximum absolute atomic E-state index is 14.9. The molecule has 0 saturated carbocycles. The lowest BCUT2D eigenvalue weighted by Crippen LogP contribution is -2.05. The number of rotatable bonds is 7. The van der Waals surface area contributed by atoms with E-state index in [0.717, 1.165) is 44.8 Å². The minimum absolute atomic E-state index is 0.147. The van der Waals surface area contributed by atoms with Crippen LogP contribution in [-0.4, -0.2) is 15.0 Å². The number of pyridine rings is 2. The number of hydrogen-bond acceptors (Lipinski definition) is 5. The lowest BCUT2D eigenvalue weighted by molar-refractivity contribution is 0.631. The second kappa shape index (κ2) is 11.1. The SMILES string of the molecule is C#C.C=C(Nc1cncc(-c2cc(F)c(N)c(Cc3cc4c(-c5ccsc5)ccnc4[nH]3)c2)c1)C(C)C. The third-order valence-electron chi connectivity index (χ3n) is 6.09. The Morgan fingerprint density at radius 1 is 1.14 bits per heavy atom. The number of H-pyrrole nitrogens is 1. The molecule has 186 valence electrons. The standard InChI is InChI=1S/C28H26FN5S.C2H2/c1-16(2)17(3)33-23-10-21(13-31-14-23)19-8-20(27(30)26(29)11-19)9-22-12-25-24(18-5-7-35-15-18)4-6-32-28(25)34-22;1-2/h4-8,10-16,33H,3,9,30H2,1-2H3,(H,32,34);1-2H. The van der Waals surface area contributed by atoms with E-state index >= 15 is 0 Å². The molecule has 5 nitrogen and oxygen atoms in total. The van der Waals surface area contributed by atoms with Gasteiger partial charge >= 0.3 is 0 Å². The third kappa shape index (κ3) is 5.55. The number of nitrogens with zero attached hydrogens (tertiary/aromatic N) is 2. The summed E-state index contributed by atoms with van der Waals surface area (Å²) in [4.78, 5) is 12.2. The van der Waals surface area contributed by atoms with E-state index in [4.69, 9.17) is 5.73 Å². The fourth-order valence-electron chi connectivity index (χ4n) is 4.03. The van der Waals surface area contributed by atoms with E-state index in [2.05, 4.69) is 76.4 Å². The monoisotopic (exact) mass is 509 g/mol. The van der Waals surface area contributed by atoms with E-state index in [0.29, 0.717) is 17.5 Å². The molecule has 0 aliphatic heterocycles. The van der Waals surface area contributed by atoms with Gasteiger partial charge in [0.1, 0.15) is 11.5 Å². The number of halogens is 1. The van der Waals surface area contributed by atoms with Crippen molar-refractivity contribution in [3.63, 3.8) is 0 Å². The zero-order valence-corrected chi connectivity index (χ0v) is 21.6. The normalized spacial score (nSPS) is 10.8. The summed E-state index contributed by atoms with van der Waals surface area (Å²) in [5.41, 5.74) is 14.2. The van der Waals surface area contributed by atoms with Crippen LogP contribution in [0.2, 0.25) is 0 Å². The summed E-state index contributed by atoms with van der Waals surface area (Å²) in [6.45, 7) is 8.19. The van der Waals surface area contributed by atoms with Crippen LogP contribution in [0.1, 0.15) is 25.1 Å². The Hall–Kier alpha value is -4.41. The van der Waals surface area contributed by atoms with Crippen LogP contribution in [0.4, 0.5) is 15.8 Å². The average Bonchev–Trinajstić information content (AvgIpc) is 3.58. The fraction of sp³-hybridized carbons (Fsp3) is 0.133. The van der Waals surface area contributed by atoms with Gasteiger partial charge in [-0.3, -0.25) is 4.98 Å². The predicted octanol–water partition coefficient (Wildman–Crippen LogP) is 7.50. The van der Waals surface area contributed by atoms with Gasteiger partial charge in [-0.15, -0.1) is 12.8 Å². The molecule has 0 unspecified atom stereocenters. The Labute approximate surface area is 220 Å². The smallest absolute Gasteiger partial charge is 0.146 e. The molecule has 1 aromatic carbocycles. The number of aromatic nitrogens is 3. The Kier molecular flexibility index (Phi) is 7.71. The first-order chi connectivity index (χ1) is 17.9. The Morgan fingerprint density at radius 3 is 2.68 bits per heavy atom. The van der Waals surface area contributed by atoms with Crippen LogP contribution in [0.5, 0.6) is 0 Å². The highest BCUT2D eigenvalue weighted by Crippen LogP contribution is 2.32.